The number of pyridine rings is 1. The summed E-state index contributed by atoms with van der Waals surface area (Å²) < 4.78 is 10.2. The van der Waals surface area contributed by atoms with Crippen LogP contribution in [0.3, 0.4) is 0 Å². The molecule has 2 amide bonds. The molecule has 3 rings (SSSR count). The highest BCUT2D eigenvalue weighted by Crippen LogP contribution is 2.21. The van der Waals surface area contributed by atoms with E-state index in [1.807, 2.05) is 12.1 Å². The quantitative estimate of drug-likeness (QED) is 0.605. The van der Waals surface area contributed by atoms with Gasteiger partial charge in [-0.15, -0.1) is 0 Å². The summed E-state index contributed by atoms with van der Waals surface area (Å²) in [5.74, 6) is -1.78. The van der Waals surface area contributed by atoms with Crippen molar-refractivity contribution in [3.63, 3.8) is 0 Å². The first-order valence-electron chi connectivity index (χ1n) is 8.35. The van der Waals surface area contributed by atoms with E-state index >= 15 is 0 Å². The normalized spacial score (nSPS) is 10.3. The number of amides is 2. The second kappa shape index (κ2) is 8.63. The summed E-state index contributed by atoms with van der Waals surface area (Å²) in [7, 11) is 0. The molecule has 0 radical (unpaired) electrons. The Labute approximate surface area is 160 Å². The van der Waals surface area contributed by atoms with Gasteiger partial charge in [0.15, 0.2) is 13.2 Å². The lowest BCUT2D eigenvalue weighted by Crippen LogP contribution is -2.23. The maximum absolute atomic E-state index is 12.3. The maximum Gasteiger partial charge on any atom is 0.342 e. The number of nitrogens with zero attached hydrogens (tertiary/aromatic N) is 1. The predicted molar refractivity (Wildman–Crippen MR) is 102 cm³/mol. The zero-order chi connectivity index (χ0) is 19.9. The first kappa shape index (κ1) is 18.8. The van der Waals surface area contributed by atoms with E-state index in [1.54, 1.807) is 36.5 Å². The molecule has 0 unspecified atom stereocenters. The predicted octanol–water partition coefficient (Wildman–Crippen LogP) is 1.89. The second-order valence-electron chi connectivity index (χ2n) is 5.75. The van der Waals surface area contributed by atoms with Crippen LogP contribution in [0.2, 0.25) is 0 Å². The third-order valence-electron chi connectivity index (χ3n) is 3.73. The van der Waals surface area contributed by atoms with Gasteiger partial charge in [-0.2, -0.15) is 0 Å². The van der Waals surface area contributed by atoms with Crippen molar-refractivity contribution in [1.29, 1.82) is 0 Å². The van der Waals surface area contributed by atoms with Crippen LogP contribution in [-0.4, -0.2) is 36.0 Å². The Morgan fingerprint density at radius 3 is 2.61 bits per heavy atom. The zero-order valence-electron chi connectivity index (χ0n) is 14.8. The molecule has 3 aromatic rings. The van der Waals surface area contributed by atoms with Crippen LogP contribution in [0.25, 0.3) is 10.9 Å². The van der Waals surface area contributed by atoms with Gasteiger partial charge in [0.2, 0.25) is 0 Å². The van der Waals surface area contributed by atoms with Gasteiger partial charge in [0.1, 0.15) is 11.3 Å². The Bertz CT molecular complexity index is 1030. The van der Waals surface area contributed by atoms with E-state index < -0.39 is 24.4 Å². The smallest absolute Gasteiger partial charge is 0.342 e. The van der Waals surface area contributed by atoms with Crippen molar-refractivity contribution < 1.29 is 23.9 Å². The fourth-order valence-corrected chi connectivity index (χ4v) is 2.52. The van der Waals surface area contributed by atoms with Crippen molar-refractivity contribution in [3.8, 4) is 5.75 Å². The van der Waals surface area contributed by atoms with Crippen molar-refractivity contribution in [2.75, 3.05) is 18.5 Å². The minimum atomic E-state index is -0.755. The van der Waals surface area contributed by atoms with E-state index in [0.29, 0.717) is 5.69 Å². The Balaban J connectivity index is 1.63. The Morgan fingerprint density at radius 2 is 1.79 bits per heavy atom. The molecule has 8 nitrogen and oxygen atoms in total. The molecule has 0 saturated carbocycles. The van der Waals surface area contributed by atoms with Crippen LogP contribution in [0.5, 0.6) is 5.75 Å². The number of carbonyl (C=O) groups excluding carboxylic acids is 3. The van der Waals surface area contributed by atoms with Crippen molar-refractivity contribution in [2.45, 2.75) is 0 Å². The average Bonchev–Trinajstić information content (AvgIpc) is 2.71. The number of aromatic nitrogens is 1. The molecule has 3 N–H and O–H groups in total. The molecule has 142 valence electrons. The number of hydrogen-bond donors (Lipinski definition) is 2. The average molecular weight is 379 g/mol. The lowest BCUT2D eigenvalue weighted by molar-refractivity contribution is -0.120. The molecule has 1 aromatic heterocycles. The molecule has 8 heteroatoms. The van der Waals surface area contributed by atoms with Crippen LogP contribution in [0.15, 0.2) is 60.8 Å². The van der Waals surface area contributed by atoms with Crippen LogP contribution in [0.4, 0.5) is 5.69 Å². The fourth-order valence-electron chi connectivity index (χ4n) is 2.52. The topological polar surface area (TPSA) is 121 Å². The number of para-hydroxylation sites is 1. The number of esters is 1. The monoisotopic (exact) mass is 379 g/mol. The molecule has 0 aliphatic heterocycles. The van der Waals surface area contributed by atoms with Crippen LogP contribution in [0, 0.1) is 0 Å². The fraction of sp³-hybridized carbons (Fsp3) is 0.100. The van der Waals surface area contributed by atoms with Crippen molar-refractivity contribution in [1.82, 2.24) is 4.98 Å². The van der Waals surface area contributed by atoms with Crippen molar-refractivity contribution in [2.24, 2.45) is 5.73 Å². The van der Waals surface area contributed by atoms with Gasteiger partial charge in [-0.25, -0.2) is 4.79 Å². The number of hydrogen-bond acceptors (Lipinski definition) is 6. The van der Waals surface area contributed by atoms with E-state index in [1.165, 1.54) is 12.1 Å². The summed E-state index contributed by atoms with van der Waals surface area (Å²) in [6.07, 6.45) is 1.66. The van der Waals surface area contributed by atoms with E-state index in [9.17, 15) is 14.4 Å². The van der Waals surface area contributed by atoms with Crippen LogP contribution < -0.4 is 15.8 Å². The number of carbonyl (C=O) groups is 3. The summed E-state index contributed by atoms with van der Waals surface area (Å²) in [5, 5.41) is 3.47. The molecule has 28 heavy (non-hydrogen) atoms. The molecule has 0 fully saturated rings. The van der Waals surface area contributed by atoms with E-state index in [0.717, 1.165) is 10.9 Å². The molecule has 0 saturated heterocycles. The maximum atomic E-state index is 12.3. The number of nitrogens with one attached hydrogen (secondary N) is 1. The number of ether oxygens (including phenoxy) is 2. The lowest BCUT2D eigenvalue weighted by Gasteiger charge is -2.11. The molecular weight excluding hydrogens is 362 g/mol. The molecule has 2 aromatic carbocycles. The van der Waals surface area contributed by atoms with Crippen molar-refractivity contribution in [3.05, 3.63) is 66.4 Å². The van der Waals surface area contributed by atoms with Crippen LogP contribution in [0.1, 0.15) is 10.4 Å². The summed E-state index contributed by atoms with van der Waals surface area (Å²) in [6, 6.07) is 15.1. The summed E-state index contributed by atoms with van der Waals surface area (Å²) >= 11 is 0. The van der Waals surface area contributed by atoms with E-state index in [-0.39, 0.29) is 17.9 Å². The van der Waals surface area contributed by atoms with Gasteiger partial charge in [0, 0.05) is 11.6 Å². The van der Waals surface area contributed by atoms with Gasteiger partial charge in [-0.1, -0.05) is 18.2 Å². The van der Waals surface area contributed by atoms with Crippen molar-refractivity contribution >= 4 is 34.4 Å². The second-order valence-corrected chi connectivity index (χ2v) is 5.75. The lowest BCUT2D eigenvalue weighted by atomic mass is 10.2. The minimum absolute atomic E-state index is 0.0888. The Kier molecular flexibility index (Phi) is 5.81. The van der Waals surface area contributed by atoms with E-state index in [4.69, 9.17) is 15.2 Å². The van der Waals surface area contributed by atoms with Gasteiger partial charge in [0.25, 0.3) is 11.8 Å². The number of anilines is 1. The van der Waals surface area contributed by atoms with Gasteiger partial charge >= 0.3 is 5.97 Å². The SMILES string of the molecule is NC(=O)COc1ccccc1C(=O)OCC(=O)Nc1cccc2ncccc12. The summed E-state index contributed by atoms with van der Waals surface area (Å²) in [6.45, 7) is -0.862. The van der Waals surface area contributed by atoms with Crippen LogP contribution >= 0.6 is 0 Å². The molecular formula is C20H17N3O5. The molecule has 0 bridgehead atoms. The molecule has 0 aliphatic rings. The highest BCUT2D eigenvalue weighted by molar-refractivity contribution is 6.02. The highest BCUT2D eigenvalue weighted by atomic mass is 16.5. The largest absolute Gasteiger partial charge is 0.483 e. The number of benzene rings is 2. The minimum Gasteiger partial charge on any atom is -0.483 e. The molecule has 0 aliphatic carbocycles. The Hall–Kier alpha value is -3.94. The number of primary amides is 1. The van der Waals surface area contributed by atoms with Gasteiger partial charge in [-0.3, -0.25) is 14.6 Å². The van der Waals surface area contributed by atoms with E-state index in [2.05, 4.69) is 10.3 Å². The molecule has 0 spiro atoms. The Morgan fingerprint density at radius 1 is 0.964 bits per heavy atom. The van der Waals surface area contributed by atoms with Crippen LogP contribution in [-0.2, 0) is 14.3 Å². The summed E-state index contributed by atoms with van der Waals surface area (Å²) in [5.41, 5.74) is 6.43. The highest BCUT2D eigenvalue weighted by Gasteiger charge is 2.16. The molecule has 0 atom stereocenters. The van der Waals surface area contributed by atoms with Gasteiger partial charge in [-0.05, 0) is 36.4 Å². The summed E-state index contributed by atoms with van der Waals surface area (Å²) in [4.78, 5) is 39.5. The standard InChI is InChI=1S/C20H17N3O5/c21-18(24)11-27-17-9-2-1-5-14(17)20(26)28-12-19(25)23-16-8-3-7-15-13(16)6-4-10-22-15/h1-10H,11-12H2,(H2,21,24)(H,23,25). The third-order valence-corrected chi connectivity index (χ3v) is 3.73. The first-order chi connectivity index (χ1) is 13.5. The van der Waals surface area contributed by atoms with Gasteiger partial charge < -0.3 is 20.5 Å². The molecule has 1 heterocycles. The third kappa shape index (κ3) is 4.61. The first-order valence-corrected chi connectivity index (χ1v) is 8.35. The number of rotatable bonds is 7. The number of fused-ring (bicyclic) bond motifs is 1. The van der Waals surface area contributed by atoms with Gasteiger partial charge in [0.05, 0.1) is 11.2 Å². The number of nitrogens with two attached hydrogens (primary N) is 1. The zero-order valence-corrected chi connectivity index (χ0v) is 14.8.